The molecule has 0 saturated carbocycles. The first-order valence-corrected chi connectivity index (χ1v) is 11.5. The first-order valence-electron chi connectivity index (χ1n) is 10.7. The number of nitrogens with one attached hydrogen (secondary N) is 1. The topological polar surface area (TPSA) is 78.3 Å². The summed E-state index contributed by atoms with van der Waals surface area (Å²) in [6, 6.07) is 12.0. The van der Waals surface area contributed by atoms with Crippen LogP contribution in [-0.2, 0) is 4.79 Å². The van der Waals surface area contributed by atoms with Crippen molar-refractivity contribution in [3.8, 4) is 16.6 Å². The zero-order chi connectivity index (χ0) is 23.1. The van der Waals surface area contributed by atoms with Crippen LogP contribution in [0.1, 0.15) is 34.7 Å². The average Bonchev–Trinajstić information content (AvgIpc) is 3.37. The molecule has 0 aliphatic carbocycles. The van der Waals surface area contributed by atoms with Crippen LogP contribution in [0.3, 0.4) is 0 Å². The number of anilines is 1. The molecule has 1 N–H and O–H groups in total. The Hall–Kier alpha value is -3.65. The van der Waals surface area contributed by atoms with Crippen LogP contribution in [0.2, 0.25) is 0 Å². The summed E-state index contributed by atoms with van der Waals surface area (Å²) in [7, 11) is 1.61. The number of hydrogen-bond acceptors (Lipinski definition) is 6. The van der Waals surface area contributed by atoms with Gasteiger partial charge in [-0.2, -0.15) is 9.78 Å². The molecular formula is C25H24N4O3S. The maximum Gasteiger partial charge on any atom is 0.226 e. The molecule has 8 heteroatoms. The lowest BCUT2D eigenvalue weighted by molar-refractivity contribution is -0.116. The third-order valence-corrected chi connectivity index (χ3v) is 6.76. The van der Waals surface area contributed by atoms with Crippen molar-refractivity contribution in [2.24, 2.45) is 0 Å². The first-order chi connectivity index (χ1) is 16.0. The second-order valence-corrected chi connectivity index (χ2v) is 9.05. The number of methoxy groups -OCH3 is 1. The quantitative estimate of drug-likeness (QED) is 0.403. The van der Waals surface area contributed by atoms with E-state index in [0.29, 0.717) is 30.3 Å². The molecule has 0 bridgehead atoms. The van der Waals surface area contributed by atoms with E-state index in [4.69, 9.17) is 19.6 Å². The summed E-state index contributed by atoms with van der Waals surface area (Å²) in [4.78, 5) is 17.5. The Balaban J connectivity index is 1.59. The Bertz CT molecular complexity index is 1390. The van der Waals surface area contributed by atoms with Crippen LogP contribution in [0.15, 0.2) is 49.1 Å². The largest absolute Gasteiger partial charge is 0.493 e. The highest BCUT2D eigenvalue weighted by Gasteiger charge is 2.33. The summed E-state index contributed by atoms with van der Waals surface area (Å²) in [6.45, 7) is 8.10. The number of nitrogens with zero attached hydrogens (tertiary/aromatic N) is 3. The number of hydrogen-bond donors (Lipinski definition) is 1. The fraction of sp³-hybridized carbons (Fsp3) is 0.240. The highest BCUT2D eigenvalue weighted by atomic mass is 32.1. The summed E-state index contributed by atoms with van der Waals surface area (Å²) in [6.07, 6.45) is 2.01. The molecular weight excluding hydrogens is 436 g/mol. The smallest absolute Gasteiger partial charge is 0.226 e. The summed E-state index contributed by atoms with van der Waals surface area (Å²) in [5.41, 5.74) is 4.92. The lowest BCUT2D eigenvalue weighted by Gasteiger charge is -2.24. The Morgan fingerprint density at radius 3 is 2.88 bits per heavy atom. The Labute approximate surface area is 195 Å². The van der Waals surface area contributed by atoms with Crippen molar-refractivity contribution in [1.29, 1.82) is 0 Å². The molecule has 33 heavy (non-hydrogen) atoms. The predicted octanol–water partition coefficient (Wildman–Crippen LogP) is 5.15. The van der Waals surface area contributed by atoms with E-state index in [-0.39, 0.29) is 11.8 Å². The van der Waals surface area contributed by atoms with Crippen LogP contribution in [0.25, 0.3) is 15.3 Å². The predicted molar refractivity (Wildman–Crippen MR) is 130 cm³/mol. The second kappa shape index (κ2) is 8.37. The van der Waals surface area contributed by atoms with Crippen molar-refractivity contribution >= 4 is 33.3 Å². The van der Waals surface area contributed by atoms with Gasteiger partial charge in [-0.3, -0.25) is 4.79 Å². The van der Waals surface area contributed by atoms with Gasteiger partial charge < -0.3 is 14.8 Å². The van der Waals surface area contributed by atoms with E-state index >= 15 is 0 Å². The fourth-order valence-electron chi connectivity index (χ4n) is 4.25. The highest BCUT2D eigenvalue weighted by molar-refractivity contribution is 7.20. The molecule has 168 valence electrons. The van der Waals surface area contributed by atoms with Crippen molar-refractivity contribution in [3.63, 3.8) is 0 Å². The van der Waals surface area contributed by atoms with Crippen LogP contribution in [0.5, 0.6) is 11.5 Å². The lowest BCUT2D eigenvalue weighted by Crippen LogP contribution is -2.25. The molecule has 4 aromatic rings. The molecule has 2 aromatic carbocycles. The van der Waals surface area contributed by atoms with E-state index in [2.05, 4.69) is 24.9 Å². The molecule has 0 unspecified atom stereocenters. The lowest BCUT2D eigenvalue weighted by atomic mass is 9.85. The maximum absolute atomic E-state index is 12.7. The van der Waals surface area contributed by atoms with Crippen LogP contribution in [0.4, 0.5) is 5.82 Å². The van der Waals surface area contributed by atoms with E-state index in [9.17, 15) is 4.79 Å². The molecule has 0 radical (unpaired) electrons. The zero-order valence-corrected chi connectivity index (χ0v) is 19.5. The van der Waals surface area contributed by atoms with Gasteiger partial charge >= 0.3 is 0 Å². The SMILES string of the molecule is C=CCOc1ccc([C@@H]2CC(=O)Nc3c2c(C)nn3-c2nc3ccc(C)cc3s2)cc1OC. The van der Waals surface area contributed by atoms with Gasteiger partial charge in [0.25, 0.3) is 0 Å². The van der Waals surface area contributed by atoms with Crippen molar-refractivity contribution in [2.75, 3.05) is 19.0 Å². The Morgan fingerprint density at radius 2 is 2.09 bits per heavy atom. The van der Waals surface area contributed by atoms with Gasteiger partial charge in [0.15, 0.2) is 11.5 Å². The third kappa shape index (κ3) is 3.76. The van der Waals surface area contributed by atoms with E-state index in [1.165, 1.54) is 5.56 Å². The standard InChI is InChI=1S/C25H24N4O3S/c1-5-10-32-19-9-7-16(12-20(19)31-4)17-13-22(30)27-24-23(17)15(3)28-29(24)25-26-18-8-6-14(2)11-21(18)33-25/h5-9,11-12,17H,1,10,13H2,2-4H3,(H,27,30)/t17-/m0/s1. The van der Waals surface area contributed by atoms with Gasteiger partial charge in [0.1, 0.15) is 12.4 Å². The highest BCUT2D eigenvalue weighted by Crippen LogP contribution is 2.43. The molecule has 0 fully saturated rings. The molecule has 2 aromatic heterocycles. The molecule has 1 atom stereocenters. The number of ether oxygens (including phenoxy) is 2. The van der Waals surface area contributed by atoms with Crippen LogP contribution in [0, 0.1) is 13.8 Å². The van der Waals surface area contributed by atoms with Gasteiger partial charge in [0.2, 0.25) is 11.0 Å². The maximum atomic E-state index is 12.7. The van der Waals surface area contributed by atoms with E-state index in [1.54, 1.807) is 29.2 Å². The average molecular weight is 461 g/mol. The number of rotatable bonds is 6. The Morgan fingerprint density at radius 1 is 1.24 bits per heavy atom. The van der Waals surface area contributed by atoms with Gasteiger partial charge in [-0.15, -0.1) is 0 Å². The monoisotopic (exact) mass is 460 g/mol. The number of thiazole rings is 1. The molecule has 1 aliphatic heterocycles. The number of benzene rings is 2. The molecule has 1 aliphatic rings. The van der Waals surface area contributed by atoms with Crippen molar-refractivity contribution < 1.29 is 14.3 Å². The first kappa shape index (κ1) is 21.2. The van der Waals surface area contributed by atoms with Gasteiger partial charge in [-0.05, 0) is 49.2 Å². The number of amides is 1. The second-order valence-electron chi connectivity index (χ2n) is 8.04. The number of aryl methyl sites for hydroxylation is 2. The molecule has 0 spiro atoms. The van der Waals surface area contributed by atoms with Crippen LogP contribution >= 0.6 is 11.3 Å². The normalized spacial score (nSPS) is 15.2. The van der Waals surface area contributed by atoms with E-state index in [0.717, 1.165) is 32.2 Å². The number of carbonyl (C=O) groups is 1. The van der Waals surface area contributed by atoms with Crippen molar-refractivity contribution in [3.05, 3.63) is 71.4 Å². The minimum atomic E-state index is -0.151. The summed E-state index contributed by atoms with van der Waals surface area (Å²) in [5, 5.41) is 8.53. The van der Waals surface area contributed by atoms with Gasteiger partial charge in [0, 0.05) is 17.9 Å². The molecule has 3 heterocycles. The summed E-state index contributed by atoms with van der Waals surface area (Å²) < 4.78 is 14.1. The van der Waals surface area contributed by atoms with Crippen LogP contribution < -0.4 is 14.8 Å². The third-order valence-electron chi connectivity index (χ3n) is 5.76. The van der Waals surface area contributed by atoms with Crippen molar-refractivity contribution in [2.45, 2.75) is 26.2 Å². The van der Waals surface area contributed by atoms with Crippen molar-refractivity contribution in [1.82, 2.24) is 14.8 Å². The number of aromatic nitrogens is 3. The molecule has 5 rings (SSSR count). The molecule has 7 nitrogen and oxygen atoms in total. The number of fused-ring (bicyclic) bond motifs is 2. The van der Waals surface area contributed by atoms with Gasteiger partial charge in [0.05, 0.1) is 23.0 Å². The number of carbonyl (C=O) groups excluding carboxylic acids is 1. The van der Waals surface area contributed by atoms with Gasteiger partial charge in [-0.1, -0.05) is 36.1 Å². The van der Waals surface area contributed by atoms with E-state index < -0.39 is 0 Å². The fourth-order valence-corrected chi connectivity index (χ4v) is 5.27. The van der Waals surface area contributed by atoms with E-state index in [1.807, 2.05) is 37.3 Å². The molecule has 0 saturated heterocycles. The zero-order valence-electron chi connectivity index (χ0n) is 18.7. The summed E-state index contributed by atoms with van der Waals surface area (Å²) in [5.74, 6) is 1.72. The molecule has 1 amide bonds. The minimum Gasteiger partial charge on any atom is -0.493 e. The van der Waals surface area contributed by atoms with Gasteiger partial charge in [-0.25, -0.2) is 4.98 Å². The summed E-state index contributed by atoms with van der Waals surface area (Å²) >= 11 is 1.56. The minimum absolute atomic E-state index is 0.0587. The Kier molecular flexibility index (Phi) is 5.38. The van der Waals surface area contributed by atoms with Crippen LogP contribution in [-0.4, -0.2) is 34.4 Å².